The molecule has 0 atom stereocenters. The summed E-state index contributed by atoms with van der Waals surface area (Å²) in [7, 11) is 1.58. The van der Waals surface area contributed by atoms with Gasteiger partial charge < -0.3 is 9.30 Å². The maximum absolute atomic E-state index is 12.7. The minimum absolute atomic E-state index is 0.0450. The average molecular weight is 470 g/mol. The number of hydrogen-bond donors (Lipinski definition) is 1. The van der Waals surface area contributed by atoms with Gasteiger partial charge in [0.1, 0.15) is 10.8 Å². The number of ether oxygens (including phenoxy) is 1. The zero-order chi connectivity index (χ0) is 23.2. The van der Waals surface area contributed by atoms with E-state index in [0.717, 1.165) is 34.1 Å². The lowest BCUT2D eigenvalue weighted by molar-refractivity contribution is -0.114. The van der Waals surface area contributed by atoms with Gasteiger partial charge in [-0.05, 0) is 67.4 Å². The van der Waals surface area contributed by atoms with Crippen molar-refractivity contribution in [3.8, 4) is 11.4 Å². The number of methoxy groups -OCH3 is 1. The average Bonchev–Trinajstić information content (AvgIpc) is 3.24. The number of aromatic nitrogens is 1. The van der Waals surface area contributed by atoms with E-state index in [1.165, 1.54) is 16.8 Å². The number of aryl methyl sites for hydroxylation is 1. The van der Waals surface area contributed by atoms with Gasteiger partial charge in [0.15, 0.2) is 5.84 Å². The van der Waals surface area contributed by atoms with Gasteiger partial charge in [0.2, 0.25) is 5.17 Å². The van der Waals surface area contributed by atoms with Crippen LogP contribution in [0.15, 0.2) is 39.9 Å². The molecule has 1 aromatic carbocycles. The van der Waals surface area contributed by atoms with Crippen LogP contribution in [0.1, 0.15) is 37.2 Å². The van der Waals surface area contributed by atoms with Crippen LogP contribution in [0.5, 0.6) is 5.75 Å². The number of aliphatic imine (C=N–C) groups is 1. The Hall–Kier alpha value is -2.84. The van der Waals surface area contributed by atoms with Gasteiger partial charge in [-0.3, -0.25) is 10.2 Å². The lowest BCUT2D eigenvalue weighted by atomic mass is 10.1. The van der Waals surface area contributed by atoms with Crippen LogP contribution in [0.4, 0.5) is 0 Å². The molecule has 166 valence electrons. The molecule has 1 amide bonds. The third-order valence-corrected chi connectivity index (χ3v) is 6.47. The largest absolute Gasteiger partial charge is 0.495 e. The molecule has 0 spiro atoms. The lowest BCUT2D eigenvalue weighted by Gasteiger charge is -2.20. The van der Waals surface area contributed by atoms with Gasteiger partial charge in [0.25, 0.3) is 5.91 Å². The number of hydrogen-bond acceptors (Lipinski definition) is 5. The molecule has 4 rings (SSSR count). The number of amidine groups is 2. The van der Waals surface area contributed by atoms with Crippen LogP contribution in [0.25, 0.3) is 11.8 Å². The van der Waals surface area contributed by atoms with E-state index in [1.807, 2.05) is 42.7 Å². The van der Waals surface area contributed by atoms with E-state index in [9.17, 15) is 4.79 Å². The second-order valence-corrected chi connectivity index (χ2v) is 9.54. The Balaban J connectivity index is 1.70. The molecular formula is C23H24ClN5O2S. The van der Waals surface area contributed by atoms with E-state index in [-0.39, 0.29) is 11.4 Å². The first-order valence-electron chi connectivity index (χ1n) is 10.2. The number of fused-ring (bicyclic) bond motifs is 1. The van der Waals surface area contributed by atoms with Gasteiger partial charge in [-0.2, -0.15) is 15.1 Å². The predicted molar refractivity (Wildman–Crippen MR) is 131 cm³/mol. The maximum Gasteiger partial charge on any atom is 0.283 e. The van der Waals surface area contributed by atoms with Crippen molar-refractivity contribution in [3.63, 3.8) is 0 Å². The van der Waals surface area contributed by atoms with Crippen LogP contribution in [0.3, 0.4) is 0 Å². The Morgan fingerprint density at radius 2 is 2.03 bits per heavy atom. The van der Waals surface area contributed by atoms with E-state index in [1.54, 1.807) is 13.2 Å². The number of thioether (sulfide) groups is 1. The molecule has 0 fully saturated rings. The fourth-order valence-electron chi connectivity index (χ4n) is 3.74. The summed E-state index contributed by atoms with van der Waals surface area (Å²) >= 11 is 7.68. The zero-order valence-electron chi connectivity index (χ0n) is 18.6. The molecule has 0 saturated carbocycles. The van der Waals surface area contributed by atoms with Gasteiger partial charge in [-0.15, -0.1) is 0 Å². The van der Waals surface area contributed by atoms with Crippen molar-refractivity contribution in [2.75, 3.05) is 7.11 Å². The number of hydrazone groups is 1. The molecule has 0 aliphatic carbocycles. The number of rotatable bonds is 5. The van der Waals surface area contributed by atoms with Gasteiger partial charge in [0.05, 0.1) is 17.7 Å². The number of halogens is 1. The Kier molecular flexibility index (Phi) is 6.01. The van der Waals surface area contributed by atoms with Crippen molar-refractivity contribution in [3.05, 3.63) is 51.8 Å². The fraction of sp³-hybridized carbons (Fsp3) is 0.304. The van der Waals surface area contributed by atoms with Crippen LogP contribution < -0.4 is 4.74 Å². The molecule has 2 aliphatic rings. The number of carbonyl (C=O) groups excluding carboxylic acids is 1. The Bertz CT molecular complexity index is 1230. The quantitative estimate of drug-likeness (QED) is 0.592. The number of carbonyl (C=O) groups is 1. The predicted octanol–water partition coefficient (Wildman–Crippen LogP) is 5.42. The lowest BCUT2D eigenvalue weighted by Crippen LogP contribution is -2.35. The third kappa shape index (κ3) is 4.00. The van der Waals surface area contributed by atoms with Crippen molar-refractivity contribution in [1.82, 2.24) is 9.58 Å². The summed E-state index contributed by atoms with van der Waals surface area (Å²) in [5.74, 6) is 0.659. The number of amides is 1. The maximum atomic E-state index is 12.7. The topological polar surface area (TPSA) is 83.0 Å². The summed E-state index contributed by atoms with van der Waals surface area (Å²) in [5, 5.41) is 16.4. The molecule has 9 heteroatoms. The molecule has 0 bridgehead atoms. The van der Waals surface area contributed by atoms with Crippen LogP contribution >= 0.6 is 23.4 Å². The summed E-state index contributed by atoms with van der Waals surface area (Å²) in [6.07, 6.45) is 2.50. The summed E-state index contributed by atoms with van der Waals surface area (Å²) in [6, 6.07) is 7.57. The highest BCUT2D eigenvalue weighted by atomic mass is 35.5. The highest BCUT2D eigenvalue weighted by Crippen LogP contribution is 2.32. The smallest absolute Gasteiger partial charge is 0.283 e. The highest BCUT2D eigenvalue weighted by Gasteiger charge is 2.35. The second kappa shape index (κ2) is 8.60. The van der Waals surface area contributed by atoms with Gasteiger partial charge in [-0.1, -0.05) is 25.4 Å². The summed E-state index contributed by atoms with van der Waals surface area (Å²) in [4.78, 5) is 16.9. The molecule has 0 radical (unpaired) electrons. The molecule has 1 N–H and O–H groups in total. The third-order valence-electron chi connectivity index (χ3n) is 5.24. The SMILES string of the molecule is COc1ccc(-n2c(C)cc(C=C3C(=N)N4N=C(CC(C)C)SC4=NC3=O)c2C)cc1Cl. The summed E-state index contributed by atoms with van der Waals surface area (Å²) < 4.78 is 7.30. The molecule has 3 heterocycles. The minimum Gasteiger partial charge on any atom is -0.495 e. The number of nitrogens with one attached hydrogen (secondary N) is 1. The molecule has 32 heavy (non-hydrogen) atoms. The van der Waals surface area contributed by atoms with Gasteiger partial charge in [0, 0.05) is 23.5 Å². The van der Waals surface area contributed by atoms with E-state index in [2.05, 4.69) is 23.9 Å². The Labute approximate surface area is 196 Å². The number of nitrogens with zero attached hydrogens (tertiary/aromatic N) is 4. The standard InChI is InChI=1S/C23H24ClN5O2S/c1-12(2)8-20-27-29-21(25)17(22(30)26-23(29)32-20)10-15-9-13(3)28(14(15)4)16-6-7-19(31-5)18(24)11-16/h6-7,9-12,25H,8H2,1-5H3. The van der Waals surface area contributed by atoms with Gasteiger partial charge >= 0.3 is 0 Å². The van der Waals surface area contributed by atoms with Crippen LogP contribution in [-0.2, 0) is 4.79 Å². The van der Waals surface area contributed by atoms with Crippen molar-refractivity contribution in [1.29, 1.82) is 5.41 Å². The van der Waals surface area contributed by atoms with E-state index in [4.69, 9.17) is 21.7 Å². The molecule has 1 aromatic heterocycles. The Morgan fingerprint density at radius 1 is 1.28 bits per heavy atom. The van der Waals surface area contributed by atoms with Crippen molar-refractivity contribution in [2.45, 2.75) is 34.1 Å². The molecule has 2 aliphatic heterocycles. The van der Waals surface area contributed by atoms with E-state index < -0.39 is 5.91 Å². The monoisotopic (exact) mass is 469 g/mol. The normalized spacial score (nSPS) is 17.2. The van der Waals surface area contributed by atoms with Crippen LogP contribution in [0.2, 0.25) is 5.02 Å². The Morgan fingerprint density at radius 3 is 2.69 bits per heavy atom. The summed E-state index contributed by atoms with van der Waals surface area (Å²) in [6.45, 7) is 8.16. The minimum atomic E-state index is -0.424. The molecular weight excluding hydrogens is 446 g/mol. The van der Waals surface area contributed by atoms with Crippen molar-refractivity contribution >= 4 is 51.4 Å². The second-order valence-electron chi connectivity index (χ2n) is 8.09. The van der Waals surface area contributed by atoms with E-state index in [0.29, 0.717) is 21.9 Å². The molecule has 0 saturated heterocycles. The molecule has 2 aromatic rings. The van der Waals surface area contributed by atoms with E-state index >= 15 is 0 Å². The summed E-state index contributed by atoms with van der Waals surface area (Å²) in [5.41, 5.74) is 3.84. The fourth-order valence-corrected chi connectivity index (χ4v) is 5.09. The van der Waals surface area contributed by atoms with Gasteiger partial charge in [-0.25, -0.2) is 0 Å². The number of benzene rings is 1. The molecule has 0 unspecified atom stereocenters. The first-order chi connectivity index (χ1) is 15.2. The first-order valence-corrected chi connectivity index (χ1v) is 11.4. The highest BCUT2D eigenvalue weighted by molar-refractivity contribution is 8.26. The first kappa shape index (κ1) is 22.4. The van der Waals surface area contributed by atoms with Crippen LogP contribution in [-0.4, -0.2) is 38.6 Å². The molecule has 7 nitrogen and oxygen atoms in total. The van der Waals surface area contributed by atoms with Crippen molar-refractivity contribution < 1.29 is 9.53 Å². The zero-order valence-corrected chi connectivity index (χ0v) is 20.1. The van der Waals surface area contributed by atoms with Crippen molar-refractivity contribution in [2.24, 2.45) is 16.0 Å². The van der Waals surface area contributed by atoms with Crippen LogP contribution in [0, 0.1) is 25.2 Å².